The van der Waals surface area contributed by atoms with Crippen molar-refractivity contribution < 1.29 is 9.53 Å². The number of carbonyl (C=O) groups excluding carboxylic acids is 1. The maximum absolute atomic E-state index is 11.5. The second-order valence-corrected chi connectivity index (χ2v) is 4.60. The number of benzene rings is 1. The van der Waals surface area contributed by atoms with Gasteiger partial charge in [0.2, 0.25) is 5.91 Å². The molecule has 0 aromatic heterocycles. The first-order valence-corrected chi connectivity index (χ1v) is 6.00. The minimum atomic E-state index is -0.0744. The summed E-state index contributed by atoms with van der Waals surface area (Å²) in [6, 6.07) is 2.12. The van der Waals surface area contributed by atoms with Crippen molar-refractivity contribution in [3.63, 3.8) is 0 Å². The monoisotopic (exact) mass is 250 g/mol. The van der Waals surface area contributed by atoms with Gasteiger partial charge in [-0.15, -0.1) is 0 Å². The highest BCUT2D eigenvalue weighted by Gasteiger charge is 2.15. The third kappa shape index (κ3) is 2.82. The van der Waals surface area contributed by atoms with Crippen LogP contribution in [-0.4, -0.2) is 31.5 Å². The predicted molar refractivity (Wildman–Crippen MR) is 72.7 cm³/mol. The van der Waals surface area contributed by atoms with Crippen LogP contribution in [0.15, 0.2) is 6.07 Å². The first-order chi connectivity index (χ1) is 8.42. The normalized spacial score (nSPS) is 10.3. The number of ether oxygens (including phenoxy) is 1. The van der Waals surface area contributed by atoms with E-state index in [2.05, 4.69) is 13.0 Å². The van der Waals surface area contributed by atoms with E-state index in [4.69, 9.17) is 10.5 Å². The quantitative estimate of drug-likeness (QED) is 0.882. The van der Waals surface area contributed by atoms with Gasteiger partial charge in [0.15, 0.2) is 0 Å². The van der Waals surface area contributed by atoms with E-state index in [0.29, 0.717) is 6.54 Å². The zero-order chi connectivity index (χ0) is 13.9. The van der Waals surface area contributed by atoms with Crippen LogP contribution in [0.25, 0.3) is 0 Å². The minimum absolute atomic E-state index is 0.0305. The summed E-state index contributed by atoms with van der Waals surface area (Å²) in [6.45, 7) is 6.67. The van der Waals surface area contributed by atoms with Crippen molar-refractivity contribution in [2.75, 3.05) is 20.7 Å². The van der Waals surface area contributed by atoms with Gasteiger partial charge in [0.25, 0.3) is 0 Å². The molecule has 0 atom stereocenters. The maximum Gasteiger partial charge on any atom is 0.236 e. The first kappa shape index (κ1) is 14.5. The number of nitrogens with two attached hydrogens (primary N) is 1. The molecule has 100 valence electrons. The fourth-order valence-corrected chi connectivity index (χ4v) is 2.06. The lowest BCUT2D eigenvalue weighted by atomic mass is 9.98. The number of carbonyl (C=O) groups is 1. The summed E-state index contributed by atoms with van der Waals surface area (Å²) in [5.74, 6) is 0.791. The fraction of sp³-hybridized carbons (Fsp3) is 0.500. The summed E-state index contributed by atoms with van der Waals surface area (Å²) in [4.78, 5) is 13.2. The lowest BCUT2D eigenvalue weighted by Crippen LogP contribution is -2.32. The molecule has 0 unspecified atom stereocenters. The number of rotatable bonds is 4. The molecule has 0 aliphatic heterocycles. The molecule has 0 radical (unpaired) electrons. The Hall–Kier alpha value is -1.55. The highest BCUT2D eigenvalue weighted by molar-refractivity contribution is 5.77. The van der Waals surface area contributed by atoms with Crippen LogP contribution < -0.4 is 10.5 Å². The fourth-order valence-electron chi connectivity index (χ4n) is 2.06. The van der Waals surface area contributed by atoms with E-state index in [1.165, 1.54) is 5.56 Å². The van der Waals surface area contributed by atoms with Crippen LogP contribution in [0.5, 0.6) is 5.75 Å². The van der Waals surface area contributed by atoms with E-state index in [1.807, 2.05) is 13.8 Å². The van der Waals surface area contributed by atoms with Gasteiger partial charge in [-0.3, -0.25) is 4.79 Å². The van der Waals surface area contributed by atoms with Crippen molar-refractivity contribution >= 4 is 5.91 Å². The van der Waals surface area contributed by atoms with Crippen LogP contribution in [0.4, 0.5) is 0 Å². The second kappa shape index (κ2) is 5.87. The molecule has 1 aromatic rings. The number of aryl methyl sites for hydroxylation is 2. The van der Waals surface area contributed by atoms with E-state index in [1.54, 1.807) is 19.1 Å². The molecule has 0 heterocycles. The molecule has 0 bridgehead atoms. The number of nitrogens with zero attached hydrogens (tertiary/aromatic N) is 1. The smallest absolute Gasteiger partial charge is 0.236 e. The van der Waals surface area contributed by atoms with Gasteiger partial charge in [0.05, 0.1) is 13.7 Å². The van der Waals surface area contributed by atoms with Gasteiger partial charge in [0, 0.05) is 19.2 Å². The third-order valence-corrected chi connectivity index (χ3v) is 3.31. The highest BCUT2D eigenvalue weighted by atomic mass is 16.5. The second-order valence-electron chi connectivity index (χ2n) is 4.60. The van der Waals surface area contributed by atoms with Crippen LogP contribution in [0.3, 0.4) is 0 Å². The third-order valence-electron chi connectivity index (χ3n) is 3.31. The van der Waals surface area contributed by atoms with Crippen molar-refractivity contribution in [3.8, 4) is 5.75 Å². The van der Waals surface area contributed by atoms with Crippen LogP contribution in [0.2, 0.25) is 0 Å². The van der Waals surface area contributed by atoms with Crippen molar-refractivity contribution in [1.29, 1.82) is 0 Å². The molecule has 0 spiro atoms. The number of hydrogen-bond acceptors (Lipinski definition) is 3. The Kier molecular flexibility index (Phi) is 4.73. The molecule has 1 aromatic carbocycles. The summed E-state index contributed by atoms with van der Waals surface area (Å²) in [7, 11) is 3.42. The molecule has 2 N–H and O–H groups in total. The Balaban J connectivity index is 3.16. The Morgan fingerprint density at radius 1 is 1.33 bits per heavy atom. The van der Waals surface area contributed by atoms with Gasteiger partial charge < -0.3 is 15.4 Å². The Labute approximate surface area is 109 Å². The van der Waals surface area contributed by atoms with Crippen LogP contribution in [0, 0.1) is 20.8 Å². The molecule has 0 saturated carbocycles. The minimum Gasteiger partial charge on any atom is -0.496 e. The summed E-state index contributed by atoms with van der Waals surface area (Å²) in [5, 5.41) is 0. The highest BCUT2D eigenvalue weighted by Crippen LogP contribution is 2.30. The number of methoxy groups -OCH3 is 1. The van der Waals surface area contributed by atoms with E-state index >= 15 is 0 Å². The standard InChI is InChI=1S/C14H22N2O2/c1-9-6-10(2)12(14(18-5)11(9)3)8-16(4)13(17)7-15/h6H,7-8,15H2,1-5H3. The van der Waals surface area contributed by atoms with Gasteiger partial charge in [0.1, 0.15) is 5.75 Å². The molecule has 18 heavy (non-hydrogen) atoms. The molecular formula is C14H22N2O2. The van der Waals surface area contributed by atoms with Crippen molar-refractivity contribution in [2.45, 2.75) is 27.3 Å². The van der Waals surface area contributed by atoms with Crippen molar-refractivity contribution in [3.05, 3.63) is 28.3 Å². The summed E-state index contributed by atoms with van der Waals surface area (Å²) >= 11 is 0. The molecule has 0 fully saturated rings. The average molecular weight is 250 g/mol. The maximum atomic E-state index is 11.5. The Morgan fingerprint density at radius 2 is 1.94 bits per heavy atom. The SMILES string of the molecule is COc1c(C)c(C)cc(C)c1CN(C)C(=O)CN. The molecule has 4 nitrogen and oxygen atoms in total. The first-order valence-electron chi connectivity index (χ1n) is 6.00. The molecule has 0 saturated heterocycles. The topological polar surface area (TPSA) is 55.6 Å². The summed E-state index contributed by atoms with van der Waals surface area (Å²) in [5.41, 5.74) is 9.86. The van der Waals surface area contributed by atoms with Crippen LogP contribution in [-0.2, 0) is 11.3 Å². The van der Waals surface area contributed by atoms with Gasteiger partial charge in [-0.25, -0.2) is 0 Å². The zero-order valence-corrected chi connectivity index (χ0v) is 11.8. The molecule has 4 heteroatoms. The van der Waals surface area contributed by atoms with E-state index < -0.39 is 0 Å². The summed E-state index contributed by atoms with van der Waals surface area (Å²) in [6.07, 6.45) is 0. The van der Waals surface area contributed by atoms with Gasteiger partial charge >= 0.3 is 0 Å². The van der Waals surface area contributed by atoms with Crippen LogP contribution in [0.1, 0.15) is 22.3 Å². The largest absolute Gasteiger partial charge is 0.496 e. The van der Waals surface area contributed by atoms with E-state index in [9.17, 15) is 4.79 Å². The van der Waals surface area contributed by atoms with E-state index in [-0.39, 0.29) is 12.5 Å². The molecule has 0 aliphatic carbocycles. The van der Waals surface area contributed by atoms with Gasteiger partial charge in [-0.2, -0.15) is 0 Å². The molecule has 0 aliphatic rings. The lowest BCUT2D eigenvalue weighted by molar-refractivity contribution is -0.128. The zero-order valence-electron chi connectivity index (χ0n) is 11.8. The van der Waals surface area contributed by atoms with Crippen molar-refractivity contribution in [2.24, 2.45) is 5.73 Å². The van der Waals surface area contributed by atoms with Gasteiger partial charge in [-0.05, 0) is 37.5 Å². The number of amides is 1. The Morgan fingerprint density at radius 3 is 2.44 bits per heavy atom. The average Bonchev–Trinajstić information content (AvgIpc) is 2.35. The number of hydrogen-bond donors (Lipinski definition) is 1. The predicted octanol–water partition coefficient (Wildman–Crippen LogP) is 1.54. The van der Waals surface area contributed by atoms with Crippen LogP contribution >= 0.6 is 0 Å². The van der Waals surface area contributed by atoms with Crippen molar-refractivity contribution in [1.82, 2.24) is 4.90 Å². The van der Waals surface area contributed by atoms with Gasteiger partial charge in [-0.1, -0.05) is 6.07 Å². The molecular weight excluding hydrogens is 228 g/mol. The summed E-state index contributed by atoms with van der Waals surface area (Å²) < 4.78 is 5.48. The lowest BCUT2D eigenvalue weighted by Gasteiger charge is -2.22. The van der Waals surface area contributed by atoms with E-state index in [0.717, 1.165) is 22.4 Å². The molecule has 1 amide bonds. The number of likely N-dealkylation sites (N-methyl/N-ethyl adjacent to an activating group) is 1. The Bertz CT molecular complexity index is 456. The molecule has 1 rings (SSSR count).